The third-order valence-corrected chi connectivity index (χ3v) is 5.75. The molecule has 2 aromatic heterocycles. The lowest BCUT2D eigenvalue weighted by molar-refractivity contribution is 0.0513. The van der Waals surface area contributed by atoms with Crippen LogP contribution in [0.25, 0.3) is 0 Å². The van der Waals surface area contributed by atoms with E-state index in [1.807, 2.05) is 0 Å². The van der Waals surface area contributed by atoms with E-state index >= 15 is 0 Å². The van der Waals surface area contributed by atoms with E-state index in [1.165, 1.54) is 29.4 Å². The minimum atomic E-state index is -0.887. The van der Waals surface area contributed by atoms with Crippen LogP contribution in [-0.4, -0.2) is 39.8 Å². The van der Waals surface area contributed by atoms with Crippen molar-refractivity contribution in [3.63, 3.8) is 0 Å². The Morgan fingerprint density at radius 1 is 1.15 bits per heavy atom. The van der Waals surface area contributed by atoms with Gasteiger partial charge in [-0.2, -0.15) is 0 Å². The number of ketones is 1. The van der Waals surface area contributed by atoms with Gasteiger partial charge >= 0.3 is 5.97 Å². The molecule has 3 rings (SSSR count). The number of rotatable bonds is 8. The van der Waals surface area contributed by atoms with E-state index in [1.54, 1.807) is 57.5 Å². The summed E-state index contributed by atoms with van der Waals surface area (Å²) in [7, 11) is 1.69. The zero-order valence-corrected chi connectivity index (χ0v) is 19.3. The maximum Gasteiger partial charge on any atom is 0.355 e. The van der Waals surface area contributed by atoms with Gasteiger partial charge in [-0.05, 0) is 63.1 Å². The second-order valence-corrected chi connectivity index (χ2v) is 7.79. The predicted octanol–water partition coefficient (Wildman–Crippen LogP) is 4.46. The molecule has 0 saturated heterocycles. The van der Waals surface area contributed by atoms with Crippen molar-refractivity contribution in [3.05, 3.63) is 82.3 Å². The monoisotopic (exact) mass is 454 g/mol. The number of ether oxygens (including phenoxy) is 1. The first-order valence-electron chi connectivity index (χ1n) is 10.6. The van der Waals surface area contributed by atoms with Gasteiger partial charge in [0.1, 0.15) is 11.5 Å². The zero-order chi connectivity index (χ0) is 24.3. The molecule has 0 spiro atoms. The summed E-state index contributed by atoms with van der Waals surface area (Å²) in [5.41, 5.74) is 2.42. The molecule has 8 heteroatoms. The molecule has 0 fully saturated rings. The van der Waals surface area contributed by atoms with E-state index in [0.717, 1.165) is 0 Å². The molecule has 0 aliphatic rings. The molecule has 0 bridgehead atoms. The Labute approximate surface area is 191 Å². The largest absolute Gasteiger partial charge is 0.461 e. The third kappa shape index (κ3) is 4.74. The number of amides is 1. The van der Waals surface area contributed by atoms with Crippen LogP contribution in [0.1, 0.15) is 62.1 Å². The molecule has 1 amide bonds. The fraction of sp³-hybridized carbons (Fsp3) is 0.320. The van der Waals surface area contributed by atoms with Gasteiger partial charge < -0.3 is 18.6 Å². The summed E-state index contributed by atoms with van der Waals surface area (Å²) < 4.78 is 25.4. The smallest absolute Gasteiger partial charge is 0.355 e. The topological polar surface area (TPSA) is 81.8 Å². The average molecular weight is 454 g/mol. The number of carbonyl (C=O) groups is 3. The van der Waals surface area contributed by atoms with Crippen LogP contribution in [0.4, 0.5) is 4.39 Å². The van der Waals surface area contributed by atoms with Crippen LogP contribution in [0.2, 0.25) is 0 Å². The summed E-state index contributed by atoms with van der Waals surface area (Å²) in [6, 6.07) is 7.95. The van der Waals surface area contributed by atoms with E-state index in [2.05, 4.69) is 0 Å². The summed E-state index contributed by atoms with van der Waals surface area (Å²) in [5, 5.41) is 0. The zero-order valence-electron chi connectivity index (χ0n) is 19.3. The Kier molecular flexibility index (Phi) is 7.16. The van der Waals surface area contributed by atoms with Crippen molar-refractivity contribution in [2.45, 2.75) is 40.3 Å². The predicted molar refractivity (Wildman–Crippen MR) is 120 cm³/mol. The molecule has 174 valence electrons. The van der Waals surface area contributed by atoms with Gasteiger partial charge in [-0.3, -0.25) is 9.59 Å². The molecule has 0 unspecified atom stereocenters. The molecule has 3 aromatic rings. The summed E-state index contributed by atoms with van der Waals surface area (Å²) >= 11 is 0. The lowest BCUT2D eigenvalue weighted by Gasteiger charge is -2.28. The van der Waals surface area contributed by atoms with Crippen molar-refractivity contribution in [1.29, 1.82) is 0 Å². The number of benzene rings is 1. The highest BCUT2D eigenvalue weighted by Crippen LogP contribution is 2.26. The molecule has 7 nitrogen and oxygen atoms in total. The first kappa shape index (κ1) is 24.0. The fourth-order valence-corrected chi connectivity index (χ4v) is 3.89. The number of hydrogen-bond donors (Lipinski definition) is 0. The van der Waals surface area contributed by atoms with Crippen molar-refractivity contribution in [2.24, 2.45) is 7.05 Å². The van der Waals surface area contributed by atoms with Gasteiger partial charge in [0.15, 0.2) is 11.5 Å². The van der Waals surface area contributed by atoms with Crippen LogP contribution in [0.3, 0.4) is 0 Å². The highest BCUT2D eigenvalue weighted by atomic mass is 19.1. The van der Waals surface area contributed by atoms with Gasteiger partial charge in [-0.25, -0.2) is 9.18 Å². The third-order valence-electron chi connectivity index (χ3n) is 5.75. The van der Waals surface area contributed by atoms with Crippen molar-refractivity contribution in [1.82, 2.24) is 9.47 Å². The van der Waals surface area contributed by atoms with Crippen LogP contribution in [-0.2, 0) is 18.3 Å². The number of nitrogens with zero attached hydrogens (tertiary/aromatic N) is 2. The molecular weight excluding hydrogens is 427 g/mol. The summed E-state index contributed by atoms with van der Waals surface area (Å²) in [4.78, 5) is 40.7. The molecule has 0 radical (unpaired) electrons. The van der Waals surface area contributed by atoms with Crippen molar-refractivity contribution < 1.29 is 27.9 Å². The van der Waals surface area contributed by atoms with Crippen LogP contribution < -0.4 is 0 Å². The molecule has 0 aliphatic carbocycles. The first-order valence-corrected chi connectivity index (χ1v) is 10.6. The highest BCUT2D eigenvalue weighted by Gasteiger charge is 2.33. The van der Waals surface area contributed by atoms with Gasteiger partial charge in [0.2, 0.25) is 0 Å². The molecule has 0 aliphatic heterocycles. The minimum Gasteiger partial charge on any atom is -0.461 e. The molecular formula is C25H27FN2O5. The van der Waals surface area contributed by atoms with Gasteiger partial charge in [0.25, 0.3) is 5.91 Å². The van der Waals surface area contributed by atoms with E-state index in [9.17, 15) is 18.8 Å². The summed E-state index contributed by atoms with van der Waals surface area (Å²) in [5.74, 6) is -1.61. The highest BCUT2D eigenvalue weighted by molar-refractivity contribution is 6.07. The quantitative estimate of drug-likeness (QED) is 0.371. The van der Waals surface area contributed by atoms with Gasteiger partial charge in [-0.1, -0.05) is 12.1 Å². The molecule has 1 atom stereocenters. The van der Waals surface area contributed by atoms with E-state index in [0.29, 0.717) is 28.1 Å². The van der Waals surface area contributed by atoms with E-state index < -0.39 is 23.7 Å². The molecule has 33 heavy (non-hydrogen) atoms. The number of furan rings is 1. The normalized spacial score (nSPS) is 11.8. The van der Waals surface area contributed by atoms with E-state index in [4.69, 9.17) is 9.15 Å². The molecule has 2 heterocycles. The Hall–Kier alpha value is -3.68. The van der Waals surface area contributed by atoms with Crippen molar-refractivity contribution in [3.8, 4) is 0 Å². The number of halogens is 1. The number of Topliss-reactive ketones (excluding diaryl/α,β-unsaturated/α-hetero) is 1. The Balaban J connectivity index is 2.00. The average Bonchev–Trinajstić information content (AvgIpc) is 3.39. The number of carbonyl (C=O) groups excluding carboxylic acids is 3. The SMILES string of the molecule is CCOC(=O)c1c(C)c(C(=O)[C@@H](C)N(Cc2ccc(F)cc2)C(=O)c2ccco2)c(C)n1C. The Bertz CT molecular complexity index is 1160. The standard InChI is InChI=1S/C25H27FN2O5/c1-6-32-25(31)22-15(2)21(16(3)27(22)5)23(29)17(4)28(24(30)20-8-7-13-33-20)14-18-9-11-19(26)12-10-18/h7-13,17H,6,14H2,1-5H3/t17-/m1/s1. The second-order valence-electron chi connectivity index (χ2n) is 7.79. The maximum atomic E-state index is 13.6. The first-order chi connectivity index (χ1) is 15.7. The number of esters is 1. The van der Waals surface area contributed by atoms with Crippen LogP contribution in [0.15, 0.2) is 47.1 Å². The van der Waals surface area contributed by atoms with Gasteiger partial charge in [0, 0.05) is 24.8 Å². The Morgan fingerprint density at radius 3 is 2.39 bits per heavy atom. The van der Waals surface area contributed by atoms with Gasteiger partial charge in [-0.15, -0.1) is 0 Å². The van der Waals surface area contributed by atoms with Gasteiger partial charge in [0.05, 0.1) is 18.9 Å². The Morgan fingerprint density at radius 2 is 1.82 bits per heavy atom. The lowest BCUT2D eigenvalue weighted by Crippen LogP contribution is -2.43. The summed E-state index contributed by atoms with van der Waals surface area (Å²) in [6.45, 7) is 7.06. The molecule has 1 aromatic carbocycles. The van der Waals surface area contributed by atoms with Crippen LogP contribution in [0, 0.1) is 19.7 Å². The fourth-order valence-electron chi connectivity index (χ4n) is 3.89. The van der Waals surface area contributed by atoms with Crippen molar-refractivity contribution in [2.75, 3.05) is 6.61 Å². The molecule has 0 N–H and O–H groups in total. The lowest BCUT2D eigenvalue weighted by atomic mass is 9.99. The minimum absolute atomic E-state index is 0.0718. The van der Waals surface area contributed by atoms with Crippen LogP contribution in [0.5, 0.6) is 0 Å². The van der Waals surface area contributed by atoms with Crippen LogP contribution >= 0.6 is 0 Å². The summed E-state index contributed by atoms with van der Waals surface area (Å²) in [6.07, 6.45) is 1.38. The van der Waals surface area contributed by atoms with Crippen molar-refractivity contribution >= 4 is 17.7 Å². The van der Waals surface area contributed by atoms with E-state index in [-0.39, 0.29) is 24.7 Å². The second kappa shape index (κ2) is 9.85. The number of hydrogen-bond acceptors (Lipinski definition) is 5. The maximum absolute atomic E-state index is 13.6. The number of aromatic nitrogens is 1. The molecule has 0 saturated carbocycles.